The molecule has 0 aliphatic carbocycles. The molecule has 2 N–H and O–H groups in total. The summed E-state index contributed by atoms with van der Waals surface area (Å²) in [4.78, 5) is 42.7. The molecule has 0 bridgehead atoms. The number of benzene rings is 2. The number of hydrogen-bond donors (Lipinski definition) is 2. The SMILES string of the molecule is Cc1cccc(CNCc2ccnc(-c3ccc4c(c3)CN(C3CCC(=O)NC3=O)C4=O)c2)c1. The molecule has 34 heavy (non-hydrogen) atoms. The van der Waals surface area contributed by atoms with Crippen molar-refractivity contribution in [3.05, 3.63) is 88.6 Å². The Hall–Kier alpha value is -3.84. The molecule has 7 nitrogen and oxygen atoms in total. The lowest BCUT2D eigenvalue weighted by Crippen LogP contribution is -2.52. The second-order valence-electron chi connectivity index (χ2n) is 8.91. The first kappa shape index (κ1) is 22.0. The number of imide groups is 1. The predicted octanol–water partition coefficient (Wildman–Crippen LogP) is 3.11. The molecule has 2 aliphatic heterocycles. The molecule has 3 aromatic rings. The van der Waals surface area contributed by atoms with E-state index in [-0.39, 0.29) is 18.2 Å². The minimum absolute atomic E-state index is 0.168. The van der Waals surface area contributed by atoms with Crippen LogP contribution in [0.5, 0.6) is 0 Å². The van der Waals surface area contributed by atoms with Crippen LogP contribution in [0.1, 0.15) is 45.5 Å². The van der Waals surface area contributed by atoms with E-state index in [9.17, 15) is 14.4 Å². The molecule has 7 heteroatoms. The molecule has 1 fully saturated rings. The zero-order chi connectivity index (χ0) is 23.7. The van der Waals surface area contributed by atoms with Crippen LogP contribution in [0.2, 0.25) is 0 Å². The Labute approximate surface area is 198 Å². The molecule has 3 heterocycles. The first-order chi connectivity index (χ1) is 16.5. The van der Waals surface area contributed by atoms with Crippen molar-refractivity contribution in [2.24, 2.45) is 0 Å². The molecule has 172 valence electrons. The lowest BCUT2D eigenvalue weighted by atomic mass is 10.0. The zero-order valence-electron chi connectivity index (χ0n) is 19.0. The summed E-state index contributed by atoms with van der Waals surface area (Å²) in [6.45, 7) is 3.95. The summed E-state index contributed by atoms with van der Waals surface area (Å²) in [6, 6.07) is 17.6. The number of aromatic nitrogens is 1. The molecule has 1 aromatic heterocycles. The second kappa shape index (κ2) is 9.19. The Morgan fingerprint density at radius 2 is 1.85 bits per heavy atom. The minimum atomic E-state index is -0.609. The maximum atomic E-state index is 12.9. The first-order valence-electron chi connectivity index (χ1n) is 11.5. The smallest absolute Gasteiger partial charge is 0.255 e. The average molecular weight is 455 g/mol. The molecule has 5 rings (SSSR count). The van der Waals surface area contributed by atoms with Gasteiger partial charge in [-0.25, -0.2) is 0 Å². The molecule has 0 spiro atoms. The molecule has 1 atom stereocenters. The van der Waals surface area contributed by atoms with Gasteiger partial charge in [-0.3, -0.25) is 24.7 Å². The maximum absolute atomic E-state index is 12.9. The topological polar surface area (TPSA) is 91.4 Å². The number of amides is 3. The third-order valence-corrected chi connectivity index (χ3v) is 6.38. The van der Waals surface area contributed by atoms with Crippen LogP contribution in [0.3, 0.4) is 0 Å². The number of nitrogens with zero attached hydrogens (tertiary/aromatic N) is 2. The highest BCUT2D eigenvalue weighted by molar-refractivity contribution is 6.05. The van der Waals surface area contributed by atoms with Crippen molar-refractivity contribution in [3.8, 4) is 11.3 Å². The average Bonchev–Trinajstić information content (AvgIpc) is 3.15. The molecule has 0 saturated carbocycles. The first-order valence-corrected chi connectivity index (χ1v) is 11.5. The van der Waals surface area contributed by atoms with Crippen LogP contribution in [-0.4, -0.2) is 33.6 Å². The van der Waals surface area contributed by atoms with Gasteiger partial charge < -0.3 is 10.2 Å². The van der Waals surface area contributed by atoms with E-state index in [0.717, 1.165) is 35.5 Å². The maximum Gasteiger partial charge on any atom is 0.255 e. The van der Waals surface area contributed by atoms with Crippen molar-refractivity contribution in [2.45, 2.75) is 45.4 Å². The lowest BCUT2D eigenvalue weighted by molar-refractivity contribution is -0.136. The molecule has 1 saturated heterocycles. The Balaban J connectivity index is 1.28. The van der Waals surface area contributed by atoms with Gasteiger partial charge in [-0.1, -0.05) is 35.9 Å². The number of fused-ring (bicyclic) bond motifs is 1. The molecule has 2 aromatic carbocycles. The fourth-order valence-corrected chi connectivity index (χ4v) is 4.65. The van der Waals surface area contributed by atoms with E-state index in [4.69, 9.17) is 0 Å². The van der Waals surface area contributed by atoms with Crippen molar-refractivity contribution in [3.63, 3.8) is 0 Å². The molecule has 1 unspecified atom stereocenters. The third kappa shape index (κ3) is 4.47. The van der Waals surface area contributed by atoms with Crippen LogP contribution in [0.15, 0.2) is 60.8 Å². The lowest BCUT2D eigenvalue weighted by Gasteiger charge is -2.29. The van der Waals surface area contributed by atoms with Crippen molar-refractivity contribution in [1.29, 1.82) is 0 Å². The molecule has 2 aliphatic rings. The summed E-state index contributed by atoms with van der Waals surface area (Å²) in [6.07, 6.45) is 2.40. The molecule has 3 amide bonds. The number of rotatable bonds is 6. The van der Waals surface area contributed by atoms with Crippen LogP contribution in [0, 0.1) is 6.92 Å². The van der Waals surface area contributed by atoms with Crippen LogP contribution < -0.4 is 10.6 Å². The van der Waals surface area contributed by atoms with Crippen LogP contribution in [0.25, 0.3) is 11.3 Å². The van der Waals surface area contributed by atoms with E-state index in [1.807, 2.05) is 24.3 Å². The van der Waals surface area contributed by atoms with Crippen molar-refractivity contribution in [2.75, 3.05) is 0 Å². The van der Waals surface area contributed by atoms with Gasteiger partial charge in [-0.15, -0.1) is 0 Å². The predicted molar refractivity (Wildman–Crippen MR) is 127 cm³/mol. The Kier molecular flexibility index (Phi) is 5.94. The monoisotopic (exact) mass is 454 g/mol. The van der Waals surface area contributed by atoms with Crippen LogP contribution in [-0.2, 0) is 29.2 Å². The Morgan fingerprint density at radius 3 is 2.65 bits per heavy atom. The number of nitrogens with one attached hydrogen (secondary N) is 2. The zero-order valence-corrected chi connectivity index (χ0v) is 19.0. The van der Waals surface area contributed by atoms with Crippen molar-refractivity contribution >= 4 is 17.7 Å². The van der Waals surface area contributed by atoms with E-state index >= 15 is 0 Å². The fourth-order valence-electron chi connectivity index (χ4n) is 4.65. The largest absolute Gasteiger partial charge is 0.322 e. The summed E-state index contributed by atoms with van der Waals surface area (Å²) in [5.74, 6) is -0.852. The highest BCUT2D eigenvalue weighted by Gasteiger charge is 2.39. The fraction of sp³-hybridized carbons (Fsp3) is 0.259. The van der Waals surface area contributed by atoms with Crippen LogP contribution >= 0.6 is 0 Å². The Morgan fingerprint density at radius 1 is 1.03 bits per heavy atom. The van der Waals surface area contributed by atoms with Gasteiger partial charge in [0, 0.05) is 43.4 Å². The van der Waals surface area contributed by atoms with Gasteiger partial charge in [-0.2, -0.15) is 0 Å². The van der Waals surface area contributed by atoms with Gasteiger partial charge in [-0.05, 0) is 54.3 Å². The van der Waals surface area contributed by atoms with Gasteiger partial charge in [0.25, 0.3) is 5.91 Å². The normalized spacial score (nSPS) is 17.6. The molecule has 0 radical (unpaired) electrons. The van der Waals surface area contributed by atoms with Crippen LogP contribution in [0.4, 0.5) is 0 Å². The summed E-state index contributed by atoms with van der Waals surface area (Å²) < 4.78 is 0. The van der Waals surface area contributed by atoms with E-state index in [1.54, 1.807) is 11.1 Å². The molecular weight excluding hydrogens is 428 g/mol. The second-order valence-corrected chi connectivity index (χ2v) is 8.91. The van der Waals surface area contributed by atoms with Gasteiger partial charge in [0.15, 0.2) is 0 Å². The highest BCUT2D eigenvalue weighted by Crippen LogP contribution is 2.30. The van der Waals surface area contributed by atoms with E-state index in [0.29, 0.717) is 18.5 Å². The number of hydrogen-bond acceptors (Lipinski definition) is 5. The van der Waals surface area contributed by atoms with Gasteiger partial charge in [0.1, 0.15) is 6.04 Å². The Bertz CT molecular complexity index is 1290. The summed E-state index contributed by atoms with van der Waals surface area (Å²) >= 11 is 0. The number of carbonyl (C=O) groups is 3. The quantitative estimate of drug-likeness (QED) is 0.559. The number of piperidine rings is 1. The number of aryl methyl sites for hydroxylation is 1. The highest BCUT2D eigenvalue weighted by atomic mass is 16.2. The standard InChI is InChI=1S/C27H26N4O3/c1-17-3-2-4-18(11-17)14-28-15-19-9-10-29-23(12-19)20-5-6-22-21(13-20)16-31(27(22)34)24-7-8-25(32)30-26(24)33/h2-6,9-13,24,28H,7-8,14-16H2,1H3,(H,30,32,33). The minimum Gasteiger partial charge on any atom is -0.322 e. The number of pyridine rings is 1. The number of carbonyl (C=O) groups excluding carboxylic acids is 3. The van der Waals surface area contributed by atoms with E-state index in [2.05, 4.69) is 52.9 Å². The third-order valence-electron chi connectivity index (χ3n) is 6.38. The van der Waals surface area contributed by atoms with Gasteiger partial charge in [0.2, 0.25) is 11.8 Å². The van der Waals surface area contributed by atoms with Crippen molar-refractivity contribution < 1.29 is 14.4 Å². The van der Waals surface area contributed by atoms with Crippen molar-refractivity contribution in [1.82, 2.24) is 20.5 Å². The molecular formula is C27H26N4O3. The summed E-state index contributed by atoms with van der Waals surface area (Å²) in [5.41, 5.74) is 6.86. The van der Waals surface area contributed by atoms with E-state index in [1.165, 1.54) is 11.1 Å². The van der Waals surface area contributed by atoms with E-state index < -0.39 is 11.9 Å². The van der Waals surface area contributed by atoms with Gasteiger partial charge >= 0.3 is 0 Å². The summed E-state index contributed by atoms with van der Waals surface area (Å²) in [5, 5.41) is 5.82. The summed E-state index contributed by atoms with van der Waals surface area (Å²) in [7, 11) is 0. The van der Waals surface area contributed by atoms with Gasteiger partial charge in [0.05, 0.1) is 5.69 Å².